The van der Waals surface area contributed by atoms with Gasteiger partial charge >= 0.3 is 0 Å². The predicted molar refractivity (Wildman–Crippen MR) is 63.2 cm³/mol. The molecule has 2 unspecified atom stereocenters. The van der Waals surface area contributed by atoms with Gasteiger partial charge in [-0.25, -0.2) is 0 Å². The minimum atomic E-state index is -0.278. The molecule has 1 fully saturated rings. The Morgan fingerprint density at radius 2 is 1.76 bits per heavy atom. The number of anilines is 1. The molecule has 2 amide bonds. The van der Waals surface area contributed by atoms with E-state index in [1.54, 1.807) is 38.1 Å². The standard InChI is InChI=1S/C13H15NO3/c1-8-9(2)13(17)14(12(8)16)11-5-3-4-10(6-11)7-15/h3-6,8-9,15H,7H2,1-2H3. The lowest BCUT2D eigenvalue weighted by atomic mass is 10.00. The lowest BCUT2D eigenvalue weighted by Crippen LogP contribution is -2.30. The minimum absolute atomic E-state index is 0.102. The zero-order chi connectivity index (χ0) is 12.6. The van der Waals surface area contributed by atoms with Crippen LogP contribution in [0.4, 0.5) is 5.69 Å². The van der Waals surface area contributed by atoms with Crippen molar-refractivity contribution in [2.45, 2.75) is 20.5 Å². The van der Waals surface area contributed by atoms with Crippen LogP contribution in [0.2, 0.25) is 0 Å². The average molecular weight is 233 g/mol. The van der Waals surface area contributed by atoms with E-state index in [2.05, 4.69) is 0 Å². The van der Waals surface area contributed by atoms with E-state index >= 15 is 0 Å². The van der Waals surface area contributed by atoms with Gasteiger partial charge in [-0.15, -0.1) is 0 Å². The summed E-state index contributed by atoms with van der Waals surface area (Å²) in [6, 6.07) is 6.86. The molecule has 1 heterocycles. The molecule has 1 aliphatic rings. The highest BCUT2D eigenvalue weighted by Crippen LogP contribution is 2.30. The van der Waals surface area contributed by atoms with Crippen molar-refractivity contribution in [2.24, 2.45) is 11.8 Å². The van der Waals surface area contributed by atoms with E-state index < -0.39 is 0 Å². The topological polar surface area (TPSA) is 57.6 Å². The average Bonchev–Trinajstić information content (AvgIpc) is 2.54. The number of hydrogen-bond acceptors (Lipinski definition) is 3. The largest absolute Gasteiger partial charge is 0.392 e. The van der Waals surface area contributed by atoms with Gasteiger partial charge < -0.3 is 5.11 Å². The van der Waals surface area contributed by atoms with Gasteiger partial charge in [0.25, 0.3) is 0 Å². The molecule has 0 aromatic heterocycles. The van der Waals surface area contributed by atoms with Crippen LogP contribution in [-0.2, 0) is 16.2 Å². The maximum atomic E-state index is 12.0. The van der Waals surface area contributed by atoms with Crippen molar-refractivity contribution in [2.75, 3.05) is 4.90 Å². The summed E-state index contributed by atoms with van der Waals surface area (Å²) in [5, 5.41) is 9.05. The first-order chi connectivity index (χ1) is 8.06. The molecular formula is C13H15NO3. The zero-order valence-corrected chi connectivity index (χ0v) is 9.88. The number of aliphatic hydroxyl groups is 1. The molecule has 2 rings (SSSR count). The van der Waals surface area contributed by atoms with Gasteiger partial charge in [0.15, 0.2) is 0 Å². The second-order valence-corrected chi connectivity index (χ2v) is 4.42. The summed E-state index contributed by atoms with van der Waals surface area (Å²) in [6.07, 6.45) is 0. The maximum Gasteiger partial charge on any atom is 0.237 e. The maximum absolute atomic E-state index is 12.0. The molecule has 0 aliphatic carbocycles. The Hall–Kier alpha value is -1.68. The van der Waals surface area contributed by atoms with E-state index in [9.17, 15) is 9.59 Å². The molecule has 0 radical (unpaired) electrons. The fraction of sp³-hybridized carbons (Fsp3) is 0.385. The van der Waals surface area contributed by atoms with Crippen molar-refractivity contribution in [1.29, 1.82) is 0 Å². The Bertz CT molecular complexity index is 449. The smallest absolute Gasteiger partial charge is 0.237 e. The molecule has 1 aliphatic heterocycles. The highest BCUT2D eigenvalue weighted by atomic mass is 16.3. The van der Waals surface area contributed by atoms with Crippen molar-refractivity contribution in [3.63, 3.8) is 0 Å². The van der Waals surface area contributed by atoms with E-state index in [0.29, 0.717) is 11.3 Å². The quantitative estimate of drug-likeness (QED) is 0.784. The fourth-order valence-corrected chi connectivity index (χ4v) is 1.99. The van der Waals surface area contributed by atoms with E-state index in [1.165, 1.54) is 4.90 Å². The van der Waals surface area contributed by atoms with E-state index in [1.807, 2.05) is 0 Å². The molecule has 1 aromatic rings. The Labute approximate surface area is 99.9 Å². The van der Waals surface area contributed by atoms with Crippen LogP contribution >= 0.6 is 0 Å². The summed E-state index contributed by atoms with van der Waals surface area (Å²) < 4.78 is 0. The number of amides is 2. The lowest BCUT2D eigenvalue weighted by molar-refractivity contribution is -0.122. The number of imide groups is 1. The number of benzene rings is 1. The zero-order valence-electron chi connectivity index (χ0n) is 9.88. The van der Waals surface area contributed by atoms with Gasteiger partial charge in [-0.1, -0.05) is 26.0 Å². The van der Waals surface area contributed by atoms with Crippen molar-refractivity contribution in [3.8, 4) is 0 Å². The number of carbonyl (C=O) groups excluding carboxylic acids is 2. The van der Waals surface area contributed by atoms with Gasteiger partial charge in [-0.2, -0.15) is 0 Å². The molecule has 4 nitrogen and oxygen atoms in total. The number of aliphatic hydroxyl groups excluding tert-OH is 1. The second kappa shape index (κ2) is 4.30. The first-order valence-corrected chi connectivity index (χ1v) is 5.64. The van der Waals surface area contributed by atoms with E-state index in [-0.39, 0.29) is 30.3 Å². The van der Waals surface area contributed by atoms with Gasteiger partial charge in [-0.05, 0) is 17.7 Å². The van der Waals surface area contributed by atoms with Gasteiger partial charge in [0.2, 0.25) is 11.8 Å². The molecule has 17 heavy (non-hydrogen) atoms. The fourth-order valence-electron chi connectivity index (χ4n) is 1.99. The molecule has 0 bridgehead atoms. The van der Waals surface area contributed by atoms with Crippen LogP contribution in [0.5, 0.6) is 0 Å². The molecule has 0 saturated carbocycles. The molecular weight excluding hydrogens is 218 g/mol. The van der Waals surface area contributed by atoms with Crippen LogP contribution in [0.1, 0.15) is 19.4 Å². The Morgan fingerprint density at radius 1 is 1.18 bits per heavy atom. The summed E-state index contributed by atoms with van der Waals surface area (Å²) in [6.45, 7) is 3.43. The third kappa shape index (κ3) is 1.85. The highest BCUT2D eigenvalue weighted by molar-refractivity contribution is 6.21. The van der Waals surface area contributed by atoms with Crippen molar-refractivity contribution in [3.05, 3.63) is 29.8 Å². The number of nitrogens with zero attached hydrogens (tertiary/aromatic N) is 1. The summed E-state index contributed by atoms with van der Waals surface area (Å²) in [7, 11) is 0. The van der Waals surface area contributed by atoms with Gasteiger partial charge in [0, 0.05) is 11.8 Å². The SMILES string of the molecule is CC1C(=O)N(c2cccc(CO)c2)C(=O)C1C. The first-order valence-electron chi connectivity index (χ1n) is 5.64. The highest BCUT2D eigenvalue weighted by Gasteiger charge is 2.42. The van der Waals surface area contributed by atoms with Crippen LogP contribution in [-0.4, -0.2) is 16.9 Å². The normalized spacial score (nSPS) is 24.5. The molecule has 4 heteroatoms. The predicted octanol–water partition coefficient (Wildman–Crippen LogP) is 1.32. The summed E-state index contributed by atoms with van der Waals surface area (Å²) in [5.74, 6) is -0.893. The lowest BCUT2D eigenvalue weighted by Gasteiger charge is -2.15. The van der Waals surface area contributed by atoms with Crippen LogP contribution in [0.3, 0.4) is 0 Å². The van der Waals surface area contributed by atoms with Crippen molar-refractivity contribution < 1.29 is 14.7 Å². The Morgan fingerprint density at radius 3 is 2.29 bits per heavy atom. The second-order valence-electron chi connectivity index (χ2n) is 4.42. The molecule has 1 N–H and O–H groups in total. The van der Waals surface area contributed by atoms with E-state index in [4.69, 9.17) is 5.11 Å². The monoisotopic (exact) mass is 233 g/mol. The number of hydrogen-bond donors (Lipinski definition) is 1. The summed E-state index contributed by atoms with van der Waals surface area (Å²) >= 11 is 0. The van der Waals surface area contributed by atoms with Crippen molar-refractivity contribution in [1.82, 2.24) is 0 Å². The Balaban J connectivity index is 2.40. The van der Waals surface area contributed by atoms with Crippen LogP contribution in [0.25, 0.3) is 0 Å². The van der Waals surface area contributed by atoms with Crippen LogP contribution in [0, 0.1) is 11.8 Å². The molecule has 1 saturated heterocycles. The number of rotatable bonds is 2. The van der Waals surface area contributed by atoms with Crippen LogP contribution in [0.15, 0.2) is 24.3 Å². The van der Waals surface area contributed by atoms with E-state index in [0.717, 1.165) is 0 Å². The molecule has 2 atom stereocenters. The van der Waals surface area contributed by atoms with Crippen molar-refractivity contribution >= 4 is 17.5 Å². The minimum Gasteiger partial charge on any atom is -0.392 e. The summed E-state index contributed by atoms with van der Waals surface area (Å²) in [4.78, 5) is 25.2. The first kappa shape index (κ1) is 11.8. The van der Waals surface area contributed by atoms with Gasteiger partial charge in [0.05, 0.1) is 12.3 Å². The molecule has 90 valence electrons. The molecule has 0 spiro atoms. The van der Waals surface area contributed by atoms with Gasteiger partial charge in [-0.3, -0.25) is 14.5 Å². The number of carbonyl (C=O) groups is 2. The molecule has 1 aromatic carbocycles. The third-order valence-corrected chi connectivity index (χ3v) is 3.32. The Kier molecular flexibility index (Phi) is 2.98. The van der Waals surface area contributed by atoms with Gasteiger partial charge in [0.1, 0.15) is 0 Å². The van der Waals surface area contributed by atoms with Crippen LogP contribution < -0.4 is 4.90 Å². The third-order valence-electron chi connectivity index (χ3n) is 3.32. The summed E-state index contributed by atoms with van der Waals surface area (Å²) in [5.41, 5.74) is 1.23.